The third-order valence-electron chi connectivity index (χ3n) is 3.76. The van der Waals surface area contributed by atoms with Gasteiger partial charge in [-0.25, -0.2) is 0 Å². The predicted molar refractivity (Wildman–Crippen MR) is 82.6 cm³/mol. The van der Waals surface area contributed by atoms with Gasteiger partial charge in [0.2, 0.25) is 0 Å². The van der Waals surface area contributed by atoms with E-state index < -0.39 is 0 Å². The Morgan fingerprint density at radius 3 is 3.10 bits per heavy atom. The van der Waals surface area contributed by atoms with Gasteiger partial charge in [0.1, 0.15) is 12.4 Å². The van der Waals surface area contributed by atoms with Crippen molar-refractivity contribution in [1.82, 2.24) is 5.32 Å². The van der Waals surface area contributed by atoms with Gasteiger partial charge in [0.25, 0.3) is 0 Å². The monoisotopic (exact) mass is 297 g/mol. The molecule has 0 saturated carbocycles. The fourth-order valence-electron chi connectivity index (χ4n) is 2.53. The summed E-state index contributed by atoms with van der Waals surface area (Å²) in [5, 5.41) is 4.02. The SMILES string of the molecule is CNC(CCCC1CCCO1)COc1cccc(Cl)c1. The van der Waals surface area contributed by atoms with E-state index in [0.717, 1.165) is 25.2 Å². The second kappa shape index (κ2) is 8.50. The second-order valence-electron chi connectivity index (χ2n) is 5.32. The van der Waals surface area contributed by atoms with Crippen LogP contribution in [0.3, 0.4) is 0 Å². The summed E-state index contributed by atoms with van der Waals surface area (Å²) in [6.45, 7) is 1.61. The van der Waals surface area contributed by atoms with Gasteiger partial charge in [0.05, 0.1) is 6.10 Å². The Kier molecular flexibility index (Phi) is 6.64. The van der Waals surface area contributed by atoms with E-state index >= 15 is 0 Å². The van der Waals surface area contributed by atoms with E-state index in [4.69, 9.17) is 21.1 Å². The average molecular weight is 298 g/mol. The maximum absolute atomic E-state index is 5.94. The Bertz CT molecular complexity index is 394. The Hall–Kier alpha value is -0.770. The van der Waals surface area contributed by atoms with E-state index in [9.17, 15) is 0 Å². The summed E-state index contributed by atoms with van der Waals surface area (Å²) >= 11 is 5.94. The second-order valence-corrected chi connectivity index (χ2v) is 5.76. The number of rotatable bonds is 8. The first-order valence-electron chi connectivity index (χ1n) is 7.45. The van der Waals surface area contributed by atoms with Gasteiger partial charge in [-0.2, -0.15) is 0 Å². The van der Waals surface area contributed by atoms with Crippen LogP contribution in [0, 0.1) is 0 Å². The Morgan fingerprint density at radius 1 is 1.50 bits per heavy atom. The minimum Gasteiger partial charge on any atom is -0.492 e. The van der Waals surface area contributed by atoms with Gasteiger partial charge in [0.15, 0.2) is 0 Å². The highest BCUT2D eigenvalue weighted by Gasteiger charge is 2.16. The lowest BCUT2D eigenvalue weighted by Gasteiger charge is -2.18. The quantitative estimate of drug-likeness (QED) is 0.794. The smallest absolute Gasteiger partial charge is 0.120 e. The molecule has 2 atom stereocenters. The highest BCUT2D eigenvalue weighted by atomic mass is 35.5. The van der Waals surface area contributed by atoms with Crippen molar-refractivity contribution in [3.05, 3.63) is 29.3 Å². The molecular weight excluding hydrogens is 274 g/mol. The molecule has 2 unspecified atom stereocenters. The number of halogens is 1. The lowest BCUT2D eigenvalue weighted by molar-refractivity contribution is 0.100. The van der Waals surface area contributed by atoms with E-state index in [2.05, 4.69) is 5.32 Å². The van der Waals surface area contributed by atoms with Gasteiger partial charge in [-0.1, -0.05) is 17.7 Å². The van der Waals surface area contributed by atoms with E-state index in [1.165, 1.54) is 19.3 Å². The van der Waals surface area contributed by atoms with Crippen molar-refractivity contribution in [2.24, 2.45) is 0 Å². The summed E-state index contributed by atoms with van der Waals surface area (Å²) < 4.78 is 11.4. The molecule has 20 heavy (non-hydrogen) atoms. The van der Waals surface area contributed by atoms with Crippen LogP contribution in [0.1, 0.15) is 32.1 Å². The van der Waals surface area contributed by atoms with Crippen molar-refractivity contribution in [2.75, 3.05) is 20.3 Å². The molecule has 1 saturated heterocycles. The van der Waals surface area contributed by atoms with Crippen LogP contribution in [-0.2, 0) is 4.74 Å². The molecule has 4 heteroatoms. The molecule has 1 aromatic rings. The summed E-state index contributed by atoms with van der Waals surface area (Å²) in [5.41, 5.74) is 0. The largest absolute Gasteiger partial charge is 0.492 e. The van der Waals surface area contributed by atoms with Crippen LogP contribution < -0.4 is 10.1 Å². The van der Waals surface area contributed by atoms with Crippen molar-refractivity contribution in [3.63, 3.8) is 0 Å². The molecule has 2 rings (SSSR count). The highest BCUT2D eigenvalue weighted by molar-refractivity contribution is 6.30. The first-order valence-corrected chi connectivity index (χ1v) is 7.83. The van der Waals surface area contributed by atoms with Gasteiger partial charge in [-0.15, -0.1) is 0 Å². The van der Waals surface area contributed by atoms with E-state index in [1.54, 1.807) is 0 Å². The van der Waals surface area contributed by atoms with Gasteiger partial charge >= 0.3 is 0 Å². The van der Waals surface area contributed by atoms with Crippen molar-refractivity contribution >= 4 is 11.6 Å². The standard InChI is InChI=1S/C16H24ClNO2/c1-18-14(6-3-7-15-9-4-10-19-15)12-20-16-8-2-5-13(17)11-16/h2,5,8,11,14-15,18H,3-4,6-7,9-10,12H2,1H3. The zero-order valence-corrected chi connectivity index (χ0v) is 12.9. The number of ether oxygens (including phenoxy) is 2. The lowest BCUT2D eigenvalue weighted by Crippen LogP contribution is -2.31. The highest BCUT2D eigenvalue weighted by Crippen LogP contribution is 2.19. The van der Waals surface area contributed by atoms with E-state index in [0.29, 0.717) is 23.8 Å². The molecule has 0 spiro atoms. The average Bonchev–Trinajstić information content (AvgIpc) is 2.96. The molecule has 1 heterocycles. The minimum absolute atomic E-state index is 0.371. The molecule has 1 N–H and O–H groups in total. The molecule has 0 aromatic heterocycles. The van der Waals surface area contributed by atoms with E-state index in [1.807, 2.05) is 31.3 Å². The Balaban J connectivity index is 1.66. The lowest BCUT2D eigenvalue weighted by atomic mass is 10.1. The number of nitrogens with one attached hydrogen (secondary N) is 1. The third-order valence-corrected chi connectivity index (χ3v) is 3.99. The van der Waals surface area contributed by atoms with Crippen LogP contribution in [0.4, 0.5) is 0 Å². The maximum atomic E-state index is 5.94. The Labute approximate surface area is 126 Å². The summed E-state index contributed by atoms with van der Waals surface area (Å²) in [6.07, 6.45) is 6.38. The van der Waals surface area contributed by atoms with Crippen molar-refractivity contribution in [3.8, 4) is 5.75 Å². The van der Waals surface area contributed by atoms with Crippen LogP contribution in [0.2, 0.25) is 5.02 Å². The van der Waals surface area contributed by atoms with Crippen molar-refractivity contribution < 1.29 is 9.47 Å². The predicted octanol–water partition coefficient (Wildman–Crippen LogP) is 3.66. The van der Waals surface area contributed by atoms with Crippen LogP contribution in [0.15, 0.2) is 24.3 Å². The molecule has 0 bridgehead atoms. The van der Waals surface area contributed by atoms with Crippen molar-refractivity contribution in [1.29, 1.82) is 0 Å². The van der Waals surface area contributed by atoms with Gasteiger partial charge in [0, 0.05) is 17.7 Å². The molecule has 1 aromatic carbocycles. The summed E-state index contributed by atoms with van der Waals surface area (Å²) in [5.74, 6) is 0.830. The van der Waals surface area contributed by atoms with Crippen molar-refractivity contribution in [2.45, 2.75) is 44.2 Å². The number of hydrogen-bond donors (Lipinski definition) is 1. The number of benzene rings is 1. The zero-order chi connectivity index (χ0) is 14.2. The normalized spacial score (nSPS) is 20.0. The van der Waals surface area contributed by atoms with Gasteiger partial charge in [-0.05, 0) is 57.4 Å². The van der Waals surface area contributed by atoms with Gasteiger partial charge in [-0.3, -0.25) is 0 Å². The molecule has 3 nitrogen and oxygen atoms in total. The molecular formula is C16H24ClNO2. The summed E-state index contributed by atoms with van der Waals surface area (Å²) in [4.78, 5) is 0. The summed E-state index contributed by atoms with van der Waals surface area (Å²) in [6, 6.07) is 7.91. The molecule has 0 aliphatic carbocycles. The minimum atomic E-state index is 0.371. The number of likely N-dealkylation sites (N-methyl/N-ethyl adjacent to an activating group) is 1. The maximum Gasteiger partial charge on any atom is 0.120 e. The molecule has 0 amide bonds. The van der Waals surface area contributed by atoms with Crippen LogP contribution in [0.5, 0.6) is 5.75 Å². The third kappa shape index (κ3) is 5.31. The topological polar surface area (TPSA) is 30.5 Å². The summed E-state index contributed by atoms with van der Waals surface area (Å²) in [7, 11) is 1.98. The van der Waals surface area contributed by atoms with Crippen LogP contribution >= 0.6 is 11.6 Å². The first-order chi connectivity index (χ1) is 9.78. The Morgan fingerprint density at radius 2 is 2.40 bits per heavy atom. The molecule has 1 aliphatic heterocycles. The molecule has 0 radical (unpaired) electrons. The van der Waals surface area contributed by atoms with Gasteiger partial charge < -0.3 is 14.8 Å². The fraction of sp³-hybridized carbons (Fsp3) is 0.625. The molecule has 1 aliphatic rings. The van der Waals surface area contributed by atoms with E-state index in [-0.39, 0.29) is 0 Å². The number of hydrogen-bond acceptors (Lipinski definition) is 3. The first kappa shape index (κ1) is 15.6. The van der Waals surface area contributed by atoms with Crippen LogP contribution in [-0.4, -0.2) is 32.4 Å². The molecule has 1 fully saturated rings. The zero-order valence-electron chi connectivity index (χ0n) is 12.1. The fourth-order valence-corrected chi connectivity index (χ4v) is 2.71. The molecule has 112 valence electrons. The van der Waals surface area contributed by atoms with Crippen LogP contribution in [0.25, 0.3) is 0 Å².